The maximum Gasteiger partial charge on any atom is 0.311 e. The van der Waals surface area contributed by atoms with Gasteiger partial charge in [0.2, 0.25) is 5.91 Å². The molecule has 1 unspecified atom stereocenters. The number of carboxylic acids is 1. The van der Waals surface area contributed by atoms with Crippen LogP contribution in [0.2, 0.25) is 0 Å². The lowest BCUT2D eigenvalue weighted by Crippen LogP contribution is -2.39. The molecule has 4 rings (SSSR count). The molecule has 5 nitrogen and oxygen atoms in total. The number of likely N-dealkylation sites (tertiary alicyclic amines) is 1. The quantitative estimate of drug-likeness (QED) is 0.801. The van der Waals surface area contributed by atoms with Gasteiger partial charge in [0.15, 0.2) is 0 Å². The third-order valence-electron chi connectivity index (χ3n) is 6.70. The highest BCUT2D eigenvalue weighted by Crippen LogP contribution is 2.50. The van der Waals surface area contributed by atoms with Gasteiger partial charge in [0, 0.05) is 18.8 Å². The fraction of sp³-hybridized carbons (Fsp3) is 0.417. The fourth-order valence-corrected chi connectivity index (χ4v) is 5.11. The SMILES string of the molecule is Cc1ccc(C)c(NC(=O)C(c2ccccc2)N2C[C@@H]3CCC[C@@]3(C(=O)O)C2)c1. The van der Waals surface area contributed by atoms with Gasteiger partial charge in [0.25, 0.3) is 0 Å². The summed E-state index contributed by atoms with van der Waals surface area (Å²) >= 11 is 0. The van der Waals surface area contributed by atoms with Gasteiger partial charge in [0.05, 0.1) is 5.41 Å². The normalized spacial score (nSPS) is 24.8. The van der Waals surface area contributed by atoms with Crippen LogP contribution in [0.4, 0.5) is 5.69 Å². The van der Waals surface area contributed by atoms with Crippen LogP contribution in [0.3, 0.4) is 0 Å². The van der Waals surface area contributed by atoms with E-state index in [1.54, 1.807) is 0 Å². The van der Waals surface area contributed by atoms with Crippen molar-refractivity contribution < 1.29 is 14.7 Å². The van der Waals surface area contributed by atoms with E-state index >= 15 is 0 Å². The summed E-state index contributed by atoms with van der Waals surface area (Å²) in [5.74, 6) is -0.714. The van der Waals surface area contributed by atoms with Crippen molar-refractivity contribution in [1.82, 2.24) is 4.90 Å². The highest BCUT2D eigenvalue weighted by molar-refractivity contribution is 5.96. The monoisotopic (exact) mass is 392 g/mol. The molecule has 5 heteroatoms. The number of hydrogen-bond acceptors (Lipinski definition) is 3. The Morgan fingerprint density at radius 2 is 1.93 bits per heavy atom. The fourth-order valence-electron chi connectivity index (χ4n) is 5.11. The molecule has 0 bridgehead atoms. The van der Waals surface area contributed by atoms with E-state index in [9.17, 15) is 14.7 Å². The zero-order chi connectivity index (χ0) is 20.6. The molecule has 0 spiro atoms. The van der Waals surface area contributed by atoms with Crippen LogP contribution in [0.15, 0.2) is 48.5 Å². The van der Waals surface area contributed by atoms with Gasteiger partial charge in [-0.05, 0) is 55.4 Å². The number of carbonyl (C=O) groups is 2. The van der Waals surface area contributed by atoms with Crippen molar-refractivity contribution in [1.29, 1.82) is 0 Å². The van der Waals surface area contributed by atoms with E-state index in [-0.39, 0.29) is 11.8 Å². The maximum atomic E-state index is 13.5. The van der Waals surface area contributed by atoms with Crippen LogP contribution >= 0.6 is 0 Å². The second kappa shape index (κ2) is 7.64. The minimum Gasteiger partial charge on any atom is -0.481 e. The van der Waals surface area contributed by atoms with Crippen molar-refractivity contribution in [3.63, 3.8) is 0 Å². The van der Waals surface area contributed by atoms with E-state index in [2.05, 4.69) is 10.2 Å². The summed E-state index contributed by atoms with van der Waals surface area (Å²) in [6.07, 6.45) is 2.57. The summed E-state index contributed by atoms with van der Waals surface area (Å²) in [5.41, 5.74) is 3.09. The van der Waals surface area contributed by atoms with Gasteiger partial charge in [-0.3, -0.25) is 14.5 Å². The lowest BCUT2D eigenvalue weighted by molar-refractivity contribution is -0.149. The van der Waals surface area contributed by atoms with Crippen molar-refractivity contribution in [2.45, 2.75) is 39.2 Å². The molecule has 1 aliphatic heterocycles. The van der Waals surface area contributed by atoms with Gasteiger partial charge in [-0.25, -0.2) is 0 Å². The standard InChI is InChI=1S/C24H28N2O3/c1-16-10-11-17(2)20(13-16)25-22(27)21(18-7-4-3-5-8-18)26-14-19-9-6-12-24(19,15-26)23(28)29/h3-5,7-8,10-11,13,19,21H,6,9,12,14-15H2,1-2H3,(H,25,27)(H,28,29)/t19-,21?,24+/m0/s1. The molecule has 2 aliphatic rings. The van der Waals surface area contributed by atoms with Gasteiger partial charge in [-0.15, -0.1) is 0 Å². The molecule has 1 aliphatic carbocycles. The molecule has 0 radical (unpaired) electrons. The predicted molar refractivity (Wildman–Crippen MR) is 113 cm³/mol. The van der Waals surface area contributed by atoms with E-state index in [4.69, 9.17) is 0 Å². The molecular formula is C24H28N2O3. The van der Waals surface area contributed by atoms with Crippen molar-refractivity contribution >= 4 is 17.6 Å². The Hall–Kier alpha value is -2.66. The highest BCUT2D eigenvalue weighted by Gasteiger charge is 2.56. The van der Waals surface area contributed by atoms with E-state index in [1.165, 1.54) is 0 Å². The first kappa shape index (κ1) is 19.6. The first-order valence-corrected chi connectivity index (χ1v) is 10.3. The molecule has 3 atom stereocenters. The number of benzene rings is 2. The smallest absolute Gasteiger partial charge is 0.311 e. The maximum absolute atomic E-state index is 13.5. The Bertz CT molecular complexity index is 927. The van der Waals surface area contributed by atoms with Crippen LogP contribution in [0.25, 0.3) is 0 Å². The average Bonchev–Trinajstić information content (AvgIpc) is 3.24. The lowest BCUT2D eigenvalue weighted by Gasteiger charge is -2.29. The predicted octanol–water partition coefficient (Wildman–Crippen LogP) is 4.17. The van der Waals surface area contributed by atoms with Gasteiger partial charge in [0.1, 0.15) is 6.04 Å². The Kier molecular flexibility index (Phi) is 5.17. The Labute approximate surface area is 171 Å². The second-order valence-corrected chi connectivity index (χ2v) is 8.60. The number of aryl methyl sites for hydroxylation is 2. The Morgan fingerprint density at radius 1 is 1.17 bits per heavy atom. The van der Waals surface area contributed by atoms with Crippen molar-refractivity contribution in [2.24, 2.45) is 11.3 Å². The van der Waals surface area contributed by atoms with Crippen molar-refractivity contribution in [2.75, 3.05) is 18.4 Å². The molecule has 29 heavy (non-hydrogen) atoms. The van der Waals surface area contributed by atoms with Crippen molar-refractivity contribution in [3.8, 4) is 0 Å². The van der Waals surface area contributed by atoms with Gasteiger partial charge >= 0.3 is 5.97 Å². The van der Waals surface area contributed by atoms with Gasteiger partial charge in [-0.2, -0.15) is 0 Å². The van der Waals surface area contributed by atoms with Crippen LogP contribution in [-0.2, 0) is 9.59 Å². The average molecular weight is 392 g/mol. The van der Waals surface area contributed by atoms with Crippen LogP contribution in [0.5, 0.6) is 0 Å². The summed E-state index contributed by atoms with van der Waals surface area (Å²) in [5, 5.41) is 13.1. The Balaban J connectivity index is 1.65. The summed E-state index contributed by atoms with van der Waals surface area (Å²) in [7, 11) is 0. The van der Waals surface area contributed by atoms with Crippen LogP contribution in [0.1, 0.15) is 42.0 Å². The zero-order valence-electron chi connectivity index (χ0n) is 17.0. The molecule has 1 amide bonds. The number of nitrogens with zero attached hydrogens (tertiary/aromatic N) is 1. The van der Waals surface area contributed by atoms with E-state index in [1.807, 2.05) is 62.4 Å². The van der Waals surface area contributed by atoms with Crippen LogP contribution < -0.4 is 5.32 Å². The number of carboxylic acid groups (broad SMARTS) is 1. The first-order valence-electron chi connectivity index (χ1n) is 10.3. The first-order chi connectivity index (χ1) is 13.9. The third-order valence-corrected chi connectivity index (χ3v) is 6.70. The van der Waals surface area contributed by atoms with Crippen LogP contribution in [0, 0.1) is 25.2 Å². The minimum absolute atomic E-state index is 0.106. The topological polar surface area (TPSA) is 69.6 Å². The number of fused-ring (bicyclic) bond motifs is 1. The molecule has 1 saturated heterocycles. The lowest BCUT2D eigenvalue weighted by atomic mass is 9.81. The molecule has 2 N–H and O–H groups in total. The number of aliphatic carboxylic acids is 1. The summed E-state index contributed by atoms with van der Waals surface area (Å²) in [6.45, 7) is 5.05. The number of anilines is 1. The summed E-state index contributed by atoms with van der Waals surface area (Å²) in [6, 6.07) is 15.2. The van der Waals surface area contributed by atoms with Gasteiger partial charge in [-0.1, -0.05) is 48.9 Å². The zero-order valence-corrected chi connectivity index (χ0v) is 17.0. The molecule has 152 valence electrons. The van der Waals surface area contributed by atoms with Crippen molar-refractivity contribution in [3.05, 3.63) is 65.2 Å². The van der Waals surface area contributed by atoms with Gasteiger partial charge < -0.3 is 10.4 Å². The Morgan fingerprint density at radius 3 is 2.62 bits per heavy atom. The number of hydrogen-bond donors (Lipinski definition) is 2. The summed E-state index contributed by atoms with van der Waals surface area (Å²) < 4.78 is 0. The van der Waals surface area contributed by atoms with Crippen LogP contribution in [-0.4, -0.2) is 35.0 Å². The second-order valence-electron chi connectivity index (χ2n) is 8.60. The largest absolute Gasteiger partial charge is 0.481 e. The molecule has 1 saturated carbocycles. The number of nitrogens with one attached hydrogen (secondary N) is 1. The highest BCUT2D eigenvalue weighted by atomic mass is 16.4. The molecule has 2 fully saturated rings. The molecule has 1 heterocycles. The van der Waals surface area contributed by atoms with E-state index < -0.39 is 17.4 Å². The molecule has 0 aromatic heterocycles. The molecule has 2 aromatic rings. The number of rotatable bonds is 5. The van der Waals surface area contributed by atoms with E-state index in [0.717, 1.165) is 35.2 Å². The third kappa shape index (κ3) is 3.55. The summed E-state index contributed by atoms with van der Waals surface area (Å²) in [4.78, 5) is 27.7. The number of carbonyl (C=O) groups excluding carboxylic acids is 1. The van der Waals surface area contributed by atoms with E-state index in [0.29, 0.717) is 19.5 Å². The molecule has 2 aromatic carbocycles. The minimum atomic E-state index is -0.718. The molecular weight excluding hydrogens is 364 g/mol. The number of amides is 1.